The van der Waals surface area contributed by atoms with Crippen LogP contribution in [-0.4, -0.2) is 53.5 Å². The van der Waals surface area contributed by atoms with Crippen molar-refractivity contribution in [1.82, 2.24) is 10.2 Å². The molecule has 0 aromatic carbocycles. The van der Waals surface area contributed by atoms with E-state index in [1.54, 1.807) is 4.90 Å². The first-order valence-electron chi connectivity index (χ1n) is 8.95. The van der Waals surface area contributed by atoms with Gasteiger partial charge in [-0.2, -0.15) is 0 Å². The van der Waals surface area contributed by atoms with E-state index < -0.39 is 0 Å². The van der Waals surface area contributed by atoms with Crippen molar-refractivity contribution >= 4 is 6.03 Å². The molecule has 0 radical (unpaired) electrons. The van der Waals surface area contributed by atoms with E-state index >= 15 is 0 Å². The van der Waals surface area contributed by atoms with Crippen LogP contribution in [0.1, 0.15) is 58.3 Å². The molecule has 5 nitrogen and oxygen atoms in total. The van der Waals surface area contributed by atoms with Crippen molar-refractivity contribution in [2.45, 2.75) is 76.0 Å². The zero-order valence-corrected chi connectivity index (χ0v) is 13.7. The molecule has 2 saturated heterocycles. The van der Waals surface area contributed by atoms with Crippen LogP contribution in [0.2, 0.25) is 0 Å². The molecule has 1 saturated carbocycles. The third-order valence-corrected chi connectivity index (χ3v) is 5.79. The van der Waals surface area contributed by atoms with Crippen molar-refractivity contribution in [3.05, 3.63) is 0 Å². The lowest BCUT2D eigenvalue weighted by atomic mass is 9.78. The number of hydrogen-bond acceptors (Lipinski definition) is 3. The summed E-state index contributed by atoms with van der Waals surface area (Å²) >= 11 is 0. The molecule has 2 heterocycles. The maximum absolute atomic E-state index is 12.5. The van der Waals surface area contributed by atoms with Crippen molar-refractivity contribution < 1.29 is 14.6 Å². The SMILES string of the molecule is CC1CCN(C(=O)NC2CCOC3(CCCCC3)C2)CC1O. The normalized spacial score (nSPS) is 35.4. The number of aliphatic hydroxyl groups is 1. The molecular formula is C17H30N2O3. The Bertz CT molecular complexity index is 390. The number of carbonyl (C=O) groups is 1. The lowest BCUT2D eigenvalue weighted by molar-refractivity contribution is -0.108. The summed E-state index contributed by atoms with van der Waals surface area (Å²) in [5, 5.41) is 13.2. The van der Waals surface area contributed by atoms with Gasteiger partial charge in [-0.05, 0) is 38.0 Å². The number of hydrogen-bond donors (Lipinski definition) is 2. The van der Waals surface area contributed by atoms with Gasteiger partial charge in [0, 0.05) is 25.7 Å². The molecule has 1 aliphatic carbocycles. The molecular weight excluding hydrogens is 280 g/mol. The van der Waals surface area contributed by atoms with E-state index in [0.717, 1.165) is 45.3 Å². The van der Waals surface area contributed by atoms with Crippen LogP contribution in [0.3, 0.4) is 0 Å². The maximum Gasteiger partial charge on any atom is 0.317 e. The summed E-state index contributed by atoms with van der Waals surface area (Å²) in [7, 11) is 0. The molecule has 3 atom stereocenters. The molecule has 3 rings (SSSR count). The number of urea groups is 1. The summed E-state index contributed by atoms with van der Waals surface area (Å²) in [5.74, 6) is 0.289. The number of amides is 2. The summed E-state index contributed by atoms with van der Waals surface area (Å²) in [4.78, 5) is 14.2. The summed E-state index contributed by atoms with van der Waals surface area (Å²) in [6.07, 6.45) is 8.43. The number of likely N-dealkylation sites (tertiary alicyclic amines) is 1. The van der Waals surface area contributed by atoms with Crippen LogP contribution in [0.5, 0.6) is 0 Å². The highest BCUT2D eigenvalue weighted by atomic mass is 16.5. The van der Waals surface area contributed by atoms with Crippen LogP contribution in [0.25, 0.3) is 0 Å². The molecule has 2 N–H and O–H groups in total. The molecule has 1 spiro atoms. The molecule has 22 heavy (non-hydrogen) atoms. The fourth-order valence-electron chi connectivity index (χ4n) is 4.19. The van der Waals surface area contributed by atoms with Gasteiger partial charge in [-0.1, -0.05) is 26.2 Å². The van der Waals surface area contributed by atoms with Crippen molar-refractivity contribution in [3.63, 3.8) is 0 Å². The van der Waals surface area contributed by atoms with Crippen LogP contribution in [0.4, 0.5) is 4.79 Å². The van der Waals surface area contributed by atoms with Gasteiger partial charge in [0.2, 0.25) is 0 Å². The topological polar surface area (TPSA) is 61.8 Å². The van der Waals surface area contributed by atoms with E-state index in [9.17, 15) is 9.90 Å². The van der Waals surface area contributed by atoms with Crippen LogP contribution < -0.4 is 5.32 Å². The monoisotopic (exact) mass is 310 g/mol. The van der Waals surface area contributed by atoms with Crippen LogP contribution in [0, 0.1) is 5.92 Å². The van der Waals surface area contributed by atoms with Gasteiger partial charge >= 0.3 is 6.03 Å². The highest BCUT2D eigenvalue weighted by Crippen LogP contribution is 2.38. The fourth-order valence-corrected chi connectivity index (χ4v) is 4.19. The number of aliphatic hydroxyl groups excluding tert-OH is 1. The Labute approximate surface area is 133 Å². The first-order valence-corrected chi connectivity index (χ1v) is 8.95. The van der Waals surface area contributed by atoms with Crippen molar-refractivity contribution in [2.24, 2.45) is 5.92 Å². The lowest BCUT2D eigenvalue weighted by Gasteiger charge is -2.44. The minimum atomic E-state index is -0.390. The Morgan fingerprint density at radius 2 is 2.05 bits per heavy atom. The van der Waals surface area contributed by atoms with Gasteiger partial charge in [0.15, 0.2) is 0 Å². The quantitative estimate of drug-likeness (QED) is 0.781. The molecule has 0 aromatic heterocycles. The van der Waals surface area contributed by atoms with E-state index in [2.05, 4.69) is 5.32 Å². The number of nitrogens with zero attached hydrogens (tertiary/aromatic N) is 1. The summed E-state index contributed by atoms with van der Waals surface area (Å²) in [6.45, 7) is 4.01. The number of carbonyl (C=O) groups excluding carboxylic acids is 1. The number of ether oxygens (including phenoxy) is 1. The van der Waals surface area contributed by atoms with Gasteiger partial charge in [0.05, 0.1) is 11.7 Å². The minimum absolute atomic E-state index is 0.0104. The number of nitrogens with one attached hydrogen (secondary N) is 1. The Hall–Kier alpha value is -0.810. The summed E-state index contributed by atoms with van der Waals surface area (Å²) < 4.78 is 6.09. The van der Waals surface area contributed by atoms with Gasteiger partial charge in [-0.15, -0.1) is 0 Å². The number of β-amino-alcohol motifs (C(OH)–C–C–N with tert-alkyl or cyclic N) is 1. The third-order valence-electron chi connectivity index (χ3n) is 5.79. The number of rotatable bonds is 1. The van der Waals surface area contributed by atoms with E-state index in [1.165, 1.54) is 19.3 Å². The average molecular weight is 310 g/mol. The average Bonchev–Trinajstić information content (AvgIpc) is 2.51. The second-order valence-corrected chi connectivity index (χ2v) is 7.51. The van der Waals surface area contributed by atoms with Crippen LogP contribution in [0.15, 0.2) is 0 Å². The summed E-state index contributed by atoms with van der Waals surface area (Å²) in [6, 6.07) is 0.208. The molecule has 2 aliphatic heterocycles. The second kappa shape index (κ2) is 6.75. The highest BCUT2D eigenvalue weighted by Gasteiger charge is 2.39. The van der Waals surface area contributed by atoms with Crippen LogP contribution in [-0.2, 0) is 4.74 Å². The Morgan fingerprint density at radius 1 is 1.27 bits per heavy atom. The standard InChI is InChI=1S/C17H30N2O3/c1-13-5-9-19(12-15(13)20)16(21)18-14-6-10-22-17(11-14)7-3-2-4-8-17/h13-15,20H,2-12H2,1H3,(H,18,21). The van der Waals surface area contributed by atoms with Gasteiger partial charge in [0.25, 0.3) is 0 Å². The Kier molecular flexibility index (Phi) is 4.93. The van der Waals surface area contributed by atoms with Gasteiger partial charge in [-0.3, -0.25) is 0 Å². The van der Waals surface area contributed by atoms with Crippen molar-refractivity contribution in [2.75, 3.05) is 19.7 Å². The van der Waals surface area contributed by atoms with E-state index in [0.29, 0.717) is 6.54 Å². The highest BCUT2D eigenvalue weighted by molar-refractivity contribution is 5.74. The molecule has 3 aliphatic rings. The molecule has 0 aromatic rings. The van der Waals surface area contributed by atoms with Crippen molar-refractivity contribution in [1.29, 1.82) is 0 Å². The number of piperidine rings is 1. The molecule has 3 unspecified atom stereocenters. The predicted octanol–water partition coefficient (Wildman–Crippen LogP) is 2.28. The first kappa shape index (κ1) is 16.1. The molecule has 3 fully saturated rings. The first-order chi connectivity index (χ1) is 10.6. The van der Waals surface area contributed by atoms with E-state index in [1.807, 2.05) is 6.92 Å². The van der Waals surface area contributed by atoms with Gasteiger partial charge in [-0.25, -0.2) is 4.79 Å². The fraction of sp³-hybridized carbons (Fsp3) is 0.941. The molecule has 2 amide bonds. The van der Waals surface area contributed by atoms with Crippen molar-refractivity contribution in [3.8, 4) is 0 Å². The molecule has 5 heteroatoms. The van der Waals surface area contributed by atoms with E-state index in [-0.39, 0.29) is 29.7 Å². The molecule has 0 bridgehead atoms. The van der Waals surface area contributed by atoms with Gasteiger partial charge in [0.1, 0.15) is 0 Å². The maximum atomic E-state index is 12.5. The zero-order chi connectivity index (χ0) is 15.6. The van der Waals surface area contributed by atoms with Gasteiger partial charge < -0.3 is 20.1 Å². The zero-order valence-electron chi connectivity index (χ0n) is 13.7. The smallest absolute Gasteiger partial charge is 0.317 e. The lowest BCUT2D eigenvalue weighted by Crippen LogP contribution is -2.55. The predicted molar refractivity (Wildman–Crippen MR) is 84.7 cm³/mol. The minimum Gasteiger partial charge on any atom is -0.391 e. The second-order valence-electron chi connectivity index (χ2n) is 7.51. The molecule has 126 valence electrons. The summed E-state index contributed by atoms with van der Waals surface area (Å²) in [5.41, 5.74) is 0.0182. The Balaban J connectivity index is 1.52. The van der Waals surface area contributed by atoms with Crippen LogP contribution >= 0.6 is 0 Å². The third kappa shape index (κ3) is 3.57. The van der Waals surface area contributed by atoms with E-state index in [4.69, 9.17) is 4.74 Å². The largest absolute Gasteiger partial charge is 0.391 e. The Morgan fingerprint density at radius 3 is 2.77 bits per heavy atom.